The molecule has 2 atom stereocenters. The molecule has 0 unspecified atom stereocenters. The van der Waals surface area contributed by atoms with Crippen LogP contribution in [-0.4, -0.2) is 24.8 Å². The minimum absolute atomic E-state index is 0.399. The monoisotopic (exact) mass is 482 g/mol. The number of nitrogens with zero attached hydrogens (tertiary/aromatic N) is 4. The zero-order valence-electron chi connectivity index (χ0n) is 16.7. The van der Waals surface area contributed by atoms with Gasteiger partial charge in [0.2, 0.25) is 0 Å². The number of aryl methyl sites for hydroxylation is 2. The predicted octanol–water partition coefficient (Wildman–Crippen LogP) is 5.24. The summed E-state index contributed by atoms with van der Waals surface area (Å²) >= 11 is 5.49. The Kier molecular flexibility index (Phi) is 5.06. The lowest BCUT2D eigenvalue weighted by molar-refractivity contribution is 0.622. The van der Waals surface area contributed by atoms with Gasteiger partial charge >= 0.3 is 0 Å². The number of rotatable bonds is 4. The first-order valence-corrected chi connectivity index (χ1v) is 11.8. The number of thioether (sulfide) groups is 1. The van der Waals surface area contributed by atoms with Gasteiger partial charge in [-0.3, -0.25) is 0 Å². The number of aromatic nitrogens is 4. The first-order valence-electron chi connectivity index (χ1n) is 10.1. The Balaban J connectivity index is 1.29. The van der Waals surface area contributed by atoms with Crippen LogP contribution in [-0.2, 0) is 6.42 Å². The van der Waals surface area contributed by atoms with Crippen molar-refractivity contribution in [3.05, 3.63) is 52.4 Å². The van der Waals surface area contributed by atoms with Gasteiger partial charge in [-0.1, -0.05) is 12.1 Å². The third-order valence-electron chi connectivity index (χ3n) is 5.84. The first kappa shape index (κ1) is 19.6. The van der Waals surface area contributed by atoms with E-state index in [2.05, 4.69) is 66.8 Å². The fourth-order valence-corrected chi connectivity index (χ4v) is 6.18. The number of anilines is 2. The van der Waals surface area contributed by atoms with E-state index in [4.69, 9.17) is 11.5 Å². The van der Waals surface area contributed by atoms with Gasteiger partial charge < -0.3 is 16.0 Å². The van der Waals surface area contributed by atoms with Crippen LogP contribution in [0.3, 0.4) is 0 Å². The molecule has 4 heterocycles. The van der Waals surface area contributed by atoms with Crippen molar-refractivity contribution in [1.82, 2.24) is 19.5 Å². The Labute approximate surface area is 187 Å². The van der Waals surface area contributed by atoms with Crippen molar-refractivity contribution in [2.24, 2.45) is 0 Å². The van der Waals surface area contributed by atoms with Gasteiger partial charge in [-0.05, 0) is 71.8 Å². The van der Waals surface area contributed by atoms with Crippen molar-refractivity contribution < 1.29 is 0 Å². The van der Waals surface area contributed by atoms with E-state index in [0.717, 1.165) is 51.2 Å². The molecule has 6 nitrogen and oxygen atoms in total. The Morgan fingerprint density at radius 1 is 1.17 bits per heavy atom. The van der Waals surface area contributed by atoms with E-state index >= 15 is 0 Å². The molecule has 3 aromatic heterocycles. The van der Waals surface area contributed by atoms with E-state index in [1.807, 2.05) is 17.8 Å². The molecule has 5 rings (SSSR count). The van der Waals surface area contributed by atoms with Gasteiger partial charge in [-0.25, -0.2) is 15.0 Å². The third kappa shape index (κ3) is 3.52. The number of halogens is 1. The van der Waals surface area contributed by atoms with Crippen LogP contribution in [0.5, 0.6) is 0 Å². The summed E-state index contributed by atoms with van der Waals surface area (Å²) in [5.41, 5.74) is 16.4. The summed E-state index contributed by atoms with van der Waals surface area (Å²) in [6, 6.07) is 8.52. The summed E-state index contributed by atoms with van der Waals surface area (Å²) < 4.78 is 3.13. The zero-order valence-corrected chi connectivity index (χ0v) is 19.1. The SMILES string of the molecule is Cc1cn([C@H]2CC[C@@H](CCc3ccc4cc(Br)c(N)nc4c3)S2)c2ncnc(N)c12. The van der Waals surface area contributed by atoms with Gasteiger partial charge in [0, 0.05) is 16.8 Å². The normalized spacial score (nSPS) is 19.1. The summed E-state index contributed by atoms with van der Waals surface area (Å²) in [5.74, 6) is 1.10. The molecule has 1 fully saturated rings. The number of nitrogens with two attached hydrogens (primary N) is 2. The van der Waals surface area contributed by atoms with Crippen LogP contribution < -0.4 is 11.5 Å². The molecule has 0 aliphatic carbocycles. The largest absolute Gasteiger partial charge is 0.383 e. The summed E-state index contributed by atoms with van der Waals surface area (Å²) in [4.78, 5) is 13.2. The van der Waals surface area contributed by atoms with Crippen molar-refractivity contribution in [3.8, 4) is 0 Å². The number of hydrogen-bond acceptors (Lipinski definition) is 6. The van der Waals surface area contributed by atoms with E-state index in [9.17, 15) is 0 Å². The summed E-state index contributed by atoms with van der Waals surface area (Å²) in [6.45, 7) is 2.08. The molecule has 4 aromatic rings. The second-order valence-electron chi connectivity index (χ2n) is 7.89. The predicted molar refractivity (Wildman–Crippen MR) is 129 cm³/mol. The molecule has 1 aliphatic heterocycles. The number of hydrogen-bond donors (Lipinski definition) is 2. The molecule has 1 aliphatic rings. The van der Waals surface area contributed by atoms with Crippen molar-refractivity contribution in [2.75, 3.05) is 11.5 Å². The number of fused-ring (bicyclic) bond motifs is 2. The maximum absolute atomic E-state index is 6.08. The highest BCUT2D eigenvalue weighted by molar-refractivity contribution is 9.10. The van der Waals surface area contributed by atoms with Crippen LogP contribution in [0.15, 0.2) is 41.3 Å². The van der Waals surface area contributed by atoms with Gasteiger partial charge in [-0.15, -0.1) is 11.8 Å². The average Bonchev–Trinajstić information content (AvgIpc) is 3.32. The van der Waals surface area contributed by atoms with Crippen molar-refractivity contribution in [2.45, 2.75) is 43.2 Å². The third-order valence-corrected chi connectivity index (χ3v) is 8.11. The highest BCUT2D eigenvalue weighted by atomic mass is 79.9. The van der Waals surface area contributed by atoms with E-state index < -0.39 is 0 Å². The second kappa shape index (κ2) is 7.74. The van der Waals surface area contributed by atoms with E-state index in [1.165, 1.54) is 12.0 Å². The lowest BCUT2D eigenvalue weighted by Gasteiger charge is -2.14. The quantitative estimate of drug-likeness (QED) is 0.412. The van der Waals surface area contributed by atoms with Crippen LogP contribution in [0, 0.1) is 6.92 Å². The molecule has 0 bridgehead atoms. The molecule has 4 N–H and O–H groups in total. The lowest BCUT2D eigenvalue weighted by atomic mass is 10.0. The number of nitrogen functional groups attached to an aromatic ring is 2. The molecule has 0 saturated carbocycles. The molecular weight excluding hydrogens is 460 g/mol. The van der Waals surface area contributed by atoms with Crippen LogP contribution >= 0.6 is 27.7 Å². The van der Waals surface area contributed by atoms with Crippen LogP contribution in [0.1, 0.15) is 35.8 Å². The van der Waals surface area contributed by atoms with Gasteiger partial charge in [-0.2, -0.15) is 0 Å². The van der Waals surface area contributed by atoms with Gasteiger partial charge in [0.15, 0.2) is 0 Å². The Morgan fingerprint density at radius 3 is 2.90 bits per heavy atom. The number of benzene rings is 1. The van der Waals surface area contributed by atoms with Crippen LogP contribution in [0.4, 0.5) is 11.6 Å². The average molecular weight is 483 g/mol. The minimum Gasteiger partial charge on any atom is -0.383 e. The summed E-state index contributed by atoms with van der Waals surface area (Å²) in [6.07, 6.45) is 8.27. The Bertz CT molecular complexity index is 1250. The molecule has 1 saturated heterocycles. The highest BCUT2D eigenvalue weighted by Gasteiger charge is 2.28. The molecule has 30 heavy (non-hydrogen) atoms. The van der Waals surface area contributed by atoms with Crippen LogP contribution in [0.2, 0.25) is 0 Å². The fraction of sp³-hybridized carbons (Fsp3) is 0.318. The molecule has 0 amide bonds. The molecule has 1 aromatic carbocycles. The van der Waals surface area contributed by atoms with E-state index in [0.29, 0.717) is 22.3 Å². The first-order chi connectivity index (χ1) is 14.5. The van der Waals surface area contributed by atoms with Gasteiger partial charge in [0.25, 0.3) is 0 Å². The molecule has 0 radical (unpaired) electrons. The Morgan fingerprint density at radius 2 is 2.03 bits per heavy atom. The fourth-order valence-electron chi connectivity index (χ4n) is 4.31. The van der Waals surface area contributed by atoms with Crippen molar-refractivity contribution >= 4 is 61.3 Å². The number of pyridine rings is 1. The Hall–Kier alpha value is -2.32. The van der Waals surface area contributed by atoms with E-state index in [1.54, 1.807) is 6.33 Å². The second-order valence-corrected chi connectivity index (χ2v) is 10.2. The van der Waals surface area contributed by atoms with Gasteiger partial charge in [0.1, 0.15) is 23.6 Å². The standard InChI is InChI=1S/C22H23BrN6S/c1-12-10-29(22-19(12)21(25)26-11-27-22)18-7-6-15(30-18)5-3-13-2-4-14-9-16(23)20(24)28-17(14)8-13/h2,4,8-11,15,18H,3,5-7H2,1H3,(H2,24,28)(H2,25,26,27)/t15-,18-/m1/s1. The van der Waals surface area contributed by atoms with Crippen molar-refractivity contribution in [1.29, 1.82) is 0 Å². The molecular formula is C22H23BrN6S. The molecule has 154 valence electrons. The summed E-state index contributed by atoms with van der Waals surface area (Å²) in [5, 5.41) is 3.11. The maximum Gasteiger partial charge on any atom is 0.146 e. The minimum atomic E-state index is 0.399. The van der Waals surface area contributed by atoms with E-state index in [-0.39, 0.29) is 0 Å². The topological polar surface area (TPSA) is 95.6 Å². The summed E-state index contributed by atoms with van der Waals surface area (Å²) in [7, 11) is 0. The van der Waals surface area contributed by atoms with Gasteiger partial charge in [0.05, 0.1) is 20.7 Å². The lowest BCUT2D eigenvalue weighted by Crippen LogP contribution is -2.03. The van der Waals surface area contributed by atoms with Crippen LogP contribution in [0.25, 0.3) is 21.9 Å². The molecule has 8 heteroatoms. The highest BCUT2D eigenvalue weighted by Crippen LogP contribution is 2.45. The smallest absolute Gasteiger partial charge is 0.146 e. The maximum atomic E-state index is 6.08. The molecule has 0 spiro atoms. The van der Waals surface area contributed by atoms with Crippen molar-refractivity contribution in [3.63, 3.8) is 0 Å². The zero-order chi connectivity index (χ0) is 20.8.